The number of nitrogens with one attached hydrogen (secondary N) is 1. The molecule has 0 heterocycles. The molecule has 0 bridgehead atoms. The average Bonchev–Trinajstić information content (AvgIpc) is 2.45. The van der Waals surface area contributed by atoms with Gasteiger partial charge in [-0.3, -0.25) is 5.32 Å². The molecule has 0 aliphatic carbocycles. The number of nitrogens with zero attached hydrogens (tertiary/aromatic N) is 1. The SMILES string of the molecule is N#CC(NCc1ccccc1F)c1ccc(F)c(F)c1. The van der Waals surface area contributed by atoms with Crippen molar-refractivity contribution in [3.63, 3.8) is 0 Å². The third kappa shape index (κ3) is 3.16. The molecule has 0 radical (unpaired) electrons. The monoisotopic (exact) mass is 276 g/mol. The van der Waals surface area contributed by atoms with Gasteiger partial charge in [0.25, 0.3) is 0 Å². The van der Waals surface area contributed by atoms with Crippen LogP contribution in [0.15, 0.2) is 42.5 Å². The molecular formula is C15H11F3N2. The Morgan fingerprint density at radius 1 is 1.00 bits per heavy atom. The van der Waals surface area contributed by atoms with Gasteiger partial charge in [-0.2, -0.15) is 5.26 Å². The van der Waals surface area contributed by atoms with E-state index in [4.69, 9.17) is 5.26 Å². The highest BCUT2D eigenvalue weighted by Gasteiger charge is 2.13. The van der Waals surface area contributed by atoms with Gasteiger partial charge in [-0.15, -0.1) is 0 Å². The molecule has 102 valence electrons. The Morgan fingerprint density at radius 3 is 2.40 bits per heavy atom. The zero-order valence-electron chi connectivity index (χ0n) is 10.4. The van der Waals surface area contributed by atoms with E-state index in [9.17, 15) is 13.2 Å². The highest BCUT2D eigenvalue weighted by molar-refractivity contribution is 5.26. The van der Waals surface area contributed by atoms with Crippen molar-refractivity contribution in [3.05, 3.63) is 71.0 Å². The van der Waals surface area contributed by atoms with Gasteiger partial charge >= 0.3 is 0 Å². The summed E-state index contributed by atoms with van der Waals surface area (Å²) in [5.41, 5.74) is 0.693. The summed E-state index contributed by atoms with van der Waals surface area (Å²) in [6.45, 7) is 0.115. The first-order valence-corrected chi connectivity index (χ1v) is 5.93. The van der Waals surface area contributed by atoms with Crippen LogP contribution >= 0.6 is 0 Å². The van der Waals surface area contributed by atoms with E-state index < -0.39 is 17.7 Å². The average molecular weight is 276 g/mol. The van der Waals surface area contributed by atoms with Gasteiger partial charge in [-0.25, -0.2) is 13.2 Å². The van der Waals surface area contributed by atoms with Crippen LogP contribution in [0.4, 0.5) is 13.2 Å². The maximum absolute atomic E-state index is 13.4. The zero-order chi connectivity index (χ0) is 14.5. The molecule has 1 unspecified atom stereocenters. The number of hydrogen-bond acceptors (Lipinski definition) is 2. The van der Waals surface area contributed by atoms with E-state index in [-0.39, 0.29) is 12.4 Å². The molecule has 0 aliphatic heterocycles. The molecule has 1 atom stereocenters. The van der Waals surface area contributed by atoms with E-state index >= 15 is 0 Å². The summed E-state index contributed by atoms with van der Waals surface area (Å²) in [4.78, 5) is 0. The first-order valence-electron chi connectivity index (χ1n) is 5.93. The first kappa shape index (κ1) is 14.1. The Hall–Kier alpha value is -2.32. The molecular weight excluding hydrogens is 265 g/mol. The fourth-order valence-corrected chi connectivity index (χ4v) is 1.78. The summed E-state index contributed by atoms with van der Waals surface area (Å²) in [6, 6.07) is 10.5. The van der Waals surface area contributed by atoms with Gasteiger partial charge in [-0.05, 0) is 23.8 Å². The van der Waals surface area contributed by atoms with Gasteiger partial charge in [0.15, 0.2) is 11.6 Å². The largest absolute Gasteiger partial charge is 0.294 e. The van der Waals surface area contributed by atoms with Gasteiger partial charge in [0.1, 0.15) is 11.9 Å². The van der Waals surface area contributed by atoms with E-state index in [0.717, 1.165) is 12.1 Å². The van der Waals surface area contributed by atoms with E-state index in [2.05, 4.69) is 5.32 Å². The molecule has 2 nitrogen and oxygen atoms in total. The second-order valence-corrected chi connectivity index (χ2v) is 4.21. The van der Waals surface area contributed by atoms with Crippen molar-refractivity contribution in [3.8, 4) is 6.07 Å². The maximum Gasteiger partial charge on any atom is 0.159 e. The second-order valence-electron chi connectivity index (χ2n) is 4.21. The predicted octanol–water partition coefficient (Wildman–Crippen LogP) is 3.46. The first-order chi connectivity index (χ1) is 9.61. The van der Waals surface area contributed by atoms with Crippen LogP contribution in [0.5, 0.6) is 0 Å². The maximum atomic E-state index is 13.4. The molecule has 0 aromatic heterocycles. The minimum Gasteiger partial charge on any atom is -0.294 e. The molecule has 2 aromatic rings. The van der Waals surface area contributed by atoms with Crippen molar-refractivity contribution in [1.82, 2.24) is 5.32 Å². The highest BCUT2D eigenvalue weighted by Crippen LogP contribution is 2.17. The molecule has 0 saturated heterocycles. The molecule has 0 spiro atoms. The lowest BCUT2D eigenvalue weighted by Gasteiger charge is -2.12. The van der Waals surface area contributed by atoms with Crippen LogP contribution in [0.25, 0.3) is 0 Å². The Labute approximate surface area is 114 Å². The van der Waals surface area contributed by atoms with Crippen molar-refractivity contribution in [2.24, 2.45) is 0 Å². The number of benzene rings is 2. The molecule has 2 rings (SSSR count). The van der Waals surface area contributed by atoms with Crippen molar-refractivity contribution in [2.45, 2.75) is 12.6 Å². The van der Waals surface area contributed by atoms with Crippen LogP contribution in [0.3, 0.4) is 0 Å². The van der Waals surface area contributed by atoms with Crippen LogP contribution in [0, 0.1) is 28.8 Å². The minimum atomic E-state index is -1.02. The summed E-state index contributed by atoms with van der Waals surface area (Å²) in [6.07, 6.45) is 0. The number of halogens is 3. The molecule has 5 heteroatoms. The number of rotatable bonds is 4. The zero-order valence-corrected chi connectivity index (χ0v) is 10.4. The molecule has 0 saturated carbocycles. The van der Waals surface area contributed by atoms with Gasteiger partial charge < -0.3 is 0 Å². The molecule has 2 aromatic carbocycles. The van der Waals surface area contributed by atoms with Gasteiger partial charge in [0, 0.05) is 12.1 Å². The van der Waals surface area contributed by atoms with Crippen molar-refractivity contribution in [1.29, 1.82) is 5.26 Å². The Morgan fingerprint density at radius 2 is 1.75 bits per heavy atom. The summed E-state index contributed by atoms with van der Waals surface area (Å²) >= 11 is 0. The topological polar surface area (TPSA) is 35.8 Å². The quantitative estimate of drug-likeness (QED) is 0.928. The lowest BCUT2D eigenvalue weighted by atomic mass is 10.1. The fraction of sp³-hybridized carbons (Fsp3) is 0.133. The Kier molecular flexibility index (Phi) is 4.38. The number of nitriles is 1. The Balaban J connectivity index is 2.12. The molecule has 1 N–H and O–H groups in total. The van der Waals surface area contributed by atoms with Crippen molar-refractivity contribution >= 4 is 0 Å². The molecule has 20 heavy (non-hydrogen) atoms. The smallest absolute Gasteiger partial charge is 0.159 e. The number of hydrogen-bond donors (Lipinski definition) is 1. The predicted molar refractivity (Wildman–Crippen MR) is 68.0 cm³/mol. The van der Waals surface area contributed by atoms with E-state index in [1.54, 1.807) is 18.2 Å². The van der Waals surface area contributed by atoms with Crippen LogP contribution < -0.4 is 5.32 Å². The van der Waals surface area contributed by atoms with E-state index in [0.29, 0.717) is 11.1 Å². The van der Waals surface area contributed by atoms with Crippen LogP contribution in [0.2, 0.25) is 0 Å². The van der Waals surface area contributed by atoms with E-state index in [1.807, 2.05) is 6.07 Å². The summed E-state index contributed by atoms with van der Waals surface area (Å²) in [5.74, 6) is -2.38. The molecule has 0 fully saturated rings. The van der Waals surface area contributed by atoms with Gasteiger partial charge in [-0.1, -0.05) is 24.3 Å². The second kappa shape index (κ2) is 6.22. The normalized spacial score (nSPS) is 11.9. The standard InChI is InChI=1S/C15H11F3N2/c16-12-4-2-1-3-11(12)9-20-15(8-19)10-5-6-13(17)14(18)7-10/h1-7,15,20H,9H2. The van der Waals surface area contributed by atoms with Crippen molar-refractivity contribution in [2.75, 3.05) is 0 Å². The third-order valence-corrected chi connectivity index (χ3v) is 2.86. The third-order valence-electron chi connectivity index (χ3n) is 2.86. The van der Waals surface area contributed by atoms with Crippen LogP contribution in [-0.4, -0.2) is 0 Å². The fourth-order valence-electron chi connectivity index (χ4n) is 1.78. The summed E-state index contributed by atoms with van der Waals surface area (Å²) in [5, 5.41) is 11.9. The lowest BCUT2D eigenvalue weighted by Crippen LogP contribution is -2.20. The summed E-state index contributed by atoms with van der Waals surface area (Å²) < 4.78 is 39.4. The van der Waals surface area contributed by atoms with E-state index in [1.165, 1.54) is 12.1 Å². The van der Waals surface area contributed by atoms with Gasteiger partial charge in [0.2, 0.25) is 0 Å². The lowest BCUT2D eigenvalue weighted by molar-refractivity contribution is 0.503. The molecule has 0 amide bonds. The molecule has 0 aliphatic rings. The highest BCUT2D eigenvalue weighted by atomic mass is 19.2. The van der Waals surface area contributed by atoms with Gasteiger partial charge in [0.05, 0.1) is 6.07 Å². The van der Waals surface area contributed by atoms with Crippen LogP contribution in [0.1, 0.15) is 17.2 Å². The minimum absolute atomic E-state index is 0.115. The Bertz CT molecular complexity index is 650. The van der Waals surface area contributed by atoms with Crippen molar-refractivity contribution < 1.29 is 13.2 Å². The van der Waals surface area contributed by atoms with Crippen LogP contribution in [-0.2, 0) is 6.54 Å². The summed E-state index contributed by atoms with van der Waals surface area (Å²) in [7, 11) is 0.